The van der Waals surface area contributed by atoms with Crippen molar-refractivity contribution in [1.29, 1.82) is 0 Å². The first-order chi connectivity index (χ1) is 12.6. The summed E-state index contributed by atoms with van der Waals surface area (Å²) in [6, 6.07) is 10.1. The Morgan fingerprint density at radius 2 is 2.04 bits per heavy atom. The minimum atomic E-state index is -0.399. The summed E-state index contributed by atoms with van der Waals surface area (Å²) < 4.78 is 5.80. The van der Waals surface area contributed by atoms with Gasteiger partial charge in [-0.3, -0.25) is 9.59 Å². The van der Waals surface area contributed by atoms with E-state index in [0.717, 1.165) is 47.1 Å². The van der Waals surface area contributed by atoms with Crippen LogP contribution in [0.3, 0.4) is 0 Å². The number of amides is 1. The van der Waals surface area contributed by atoms with Gasteiger partial charge in [-0.15, -0.1) is 0 Å². The molecule has 0 atom stereocenters. The Balaban J connectivity index is 1.57. The standard InChI is InChI=1S/C19H22BrN3O3/c1-2-26-17(24)12-21-19(25)14-8-10-23(11-9-14)16-7-6-13-4-3-5-15(20)18(13)22-16/h3-7,14H,2,8-12H2,1H3,(H,21,25). The van der Waals surface area contributed by atoms with Crippen LogP contribution in [-0.2, 0) is 14.3 Å². The smallest absolute Gasteiger partial charge is 0.325 e. The van der Waals surface area contributed by atoms with Crippen LogP contribution < -0.4 is 10.2 Å². The van der Waals surface area contributed by atoms with E-state index in [0.29, 0.717) is 6.61 Å². The number of nitrogens with one attached hydrogen (secondary N) is 1. The fraction of sp³-hybridized carbons (Fsp3) is 0.421. The molecule has 7 heteroatoms. The average Bonchev–Trinajstić information content (AvgIpc) is 2.66. The van der Waals surface area contributed by atoms with E-state index in [9.17, 15) is 9.59 Å². The van der Waals surface area contributed by atoms with E-state index in [1.54, 1.807) is 6.92 Å². The van der Waals surface area contributed by atoms with Crippen molar-refractivity contribution in [1.82, 2.24) is 10.3 Å². The van der Waals surface area contributed by atoms with E-state index >= 15 is 0 Å². The van der Waals surface area contributed by atoms with Crippen LogP contribution in [0.15, 0.2) is 34.8 Å². The van der Waals surface area contributed by atoms with Gasteiger partial charge in [0.15, 0.2) is 0 Å². The van der Waals surface area contributed by atoms with Crippen molar-refractivity contribution >= 4 is 44.5 Å². The van der Waals surface area contributed by atoms with Crippen molar-refractivity contribution < 1.29 is 14.3 Å². The van der Waals surface area contributed by atoms with Gasteiger partial charge in [0.05, 0.1) is 12.1 Å². The molecule has 6 nitrogen and oxygen atoms in total. The van der Waals surface area contributed by atoms with Gasteiger partial charge in [0.2, 0.25) is 5.91 Å². The maximum absolute atomic E-state index is 12.2. The number of hydrogen-bond donors (Lipinski definition) is 1. The van der Waals surface area contributed by atoms with Crippen LogP contribution in [-0.4, -0.2) is 43.1 Å². The van der Waals surface area contributed by atoms with Crippen LogP contribution >= 0.6 is 15.9 Å². The number of pyridine rings is 1. The molecular formula is C19H22BrN3O3. The Morgan fingerprint density at radius 3 is 2.77 bits per heavy atom. The average molecular weight is 420 g/mol. The maximum atomic E-state index is 12.2. The van der Waals surface area contributed by atoms with Crippen LogP contribution in [0, 0.1) is 5.92 Å². The molecule has 26 heavy (non-hydrogen) atoms. The molecule has 1 aliphatic heterocycles. The number of rotatable bonds is 5. The zero-order valence-electron chi connectivity index (χ0n) is 14.7. The lowest BCUT2D eigenvalue weighted by Crippen LogP contribution is -2.42. The highest BCUT2D eigenvalue weighted by molar-refractivity contribution is 9.10. The predicted octanol–water partition coefficient (Wildman–Crippen LogP) is 2.89. The molecule has 0 unspecified atom stereocenters. The Morgan fingerprint density at radius 1 is 1.27 bits per heavy atom. The zero-order valence-corrected chi connectivity index (χ0v) is 16.3. The van der Waals surface area contributed by atoms with Crippen LogP contribution in [0.5, 0.6) is 0 Å². The molecule has 0 bridgehead atoms. The highest BCUT2D eigenvalue weighted by atomic mass is 79.9. The molecule has 0 radical (unpaired) electrons. The molecule has 0 saturated carbocycles. The number of anilines is 1. The number of fused-ring (bicyclic) bond motifs is 1. The van der Waals surface area contributed by atoms with Gasteiger partial charge in [0, 0.05) is 28.9 Å². The van der Waals surface area contributed by atoms with Crippen molar-refractivity contribution in [3.05, 3.63) is 34.8 Å². The van der Waals surface area contributed by atoms with Gasteiger partial charge in [-0.05, 0) is 53.9 Å². The largest absolute Gasteiger partial charge is 0.465 e. The minimum Gasteiger partial charge on any atom is -0.465 e. The first kappa shape index (κ1) is 18.6. The molecule has 0 aliphatic carbocycles. The number of carbonyl (C=O) groups is 2. The van der Waals surface area contributed by atoms with Gasteiger partial charge in [0.25, 0.3) is 0 Å². The SMILES string of the molecule is CCOC(=O)CNC(=O)C1CCN(c2ccc3cccc(Br)c3n2)CC1. The molecular weight excluding hydrogens is 398 g/mol. The van der Waals surface area contributed by atoms with Crippen LogP contribution in [0.1, 0.15) is 19.8 Å². The summed E-state index contributed by atoms with van der Waals surface area (Å²) in [5.74, 6) is 0.374. The number of halogens is 1. The van der Waals surface area contributed by atoms with Crippen LogP contribution in [0.4, 0.5) is 5.82 Å². The monoisotopic (exact) mass is 419 g/mol. The quantitative estimate of drug-likeness (QED) is 0.754. The second-order valence-electron chi connectivity index (χ2n) is 6.27. The van der Waals surface area contributed by atoms with E-state index in [1.165, 1.54) is 0 Å². The number of esters is 1. The van der Waals surface area contributed by atoms with Crippen molar-refractivity contribution in [2.24, 2.45) is 5.92 Å². The Hall–Kier alpha value is -2.15. The minimum absolute atomic E-state index is 0.0624. The highest BCUT2D eigenvalue weighted by Crippen LogP contribution is 2.27. The van der Waals surface area contributed by atoms with Gasteiger partial charge in [-0.2, -0.15) is 0 Å². The lowest BCUT2D eigenvalue weighted by Gasteiger charge is -2.32. The van der Waals surface area contributed by atoms with Crippen molar-refractivity contribution in [3.8, 4) is 0 Å². The molecule has 2 heterocycles. The number of benzene rings is 1. The Kier molecular flexibility index (Phi) is 6.08. The van der Waals surface area contributed by atoms with Crippen molar-refractivity contribution in [2.45, 2.75) is 19.8 Å². The van der Waals surface area contributed by atoms with Crippen LogP contribution in [0.2, 0.25) is 0 Å². The maximum Gasteiger partial charge on any atom is 0.325 e. The van der Waals surface area contributed by atoms with Gasteiger partial charge in [0.1, 0.15) is 12.4 Å². The van der Waals surface area contributed by atoms with Gasteiger partial charge in [-0.1, -0.05) is 12.1 Å². The third-order valence-electron chi connectivity index (χ3n) is 4.56. The highest BCUT2D eigenvalue weighted by Gasteiger charge is 2.26. The third-order valence-corrected chi connectivity index (χ3v) is 5.20. The summed E-state index contributed by atoms with van der Waals surface area (Å²) >= 11 is 3.55. The number of carbonyl (C=O) groups excluding carboxylic acids is 2. The first-order valence-electron chi connectivity index (χ1n) is 8.82. The normalized spacial score (nSPS) is 15.1. The Labute approximate surface area is 161 Å². The molecule has 1 aromatic heterocycles. The van der Waals surface area contributed by atoms with E-state index < -0.39 is 5.97 Å². The molecule has 1 aromatic carbocycles. The number of nitrogens with zero attached hydrogens (tertiary/aromatic N) is 2. The number of ether oxygens (including phenoxy) is 1. The molecule has 138 valence electrons. The van der Waals surface area contributed by atoms with E-state index in [-0.39, 0.29) is 18.4 Å². The fourth-order valence-corrected chi connectivity index (χ4v) is 3.63. The topological polar surface area (TPSA) is 71.5 Å². The van der Waals surface area contributed by atoms with E-state index in [2.05, 4.69) is 32.2 Å². The Bertz CT molecular complexity index is 804. The summed E-state index contributed by atoms with van der Waals surface area (Å²) in [4.78, 5) is 30.5. The lowest BCUT2D eigenvalue weighted by molar-refractivity contribution is -0.143. The zero-order chi connectivity index (χ0) is 18.5. The second kappa shape index (κ2) is 8.49. The molecule has 0 spiro atoms. The number of piperidine rings is 1. The van der Waals surface area contributed by atoms with Gasteiger partial charge >= 0.3 is 5.97 Å². The van der Waals surface area contributed by atoms with Crippen molar-refractivity contribution in [2.75, 3.05) is 31.1 Å². The summed E-state index contributed by atoms with van der Waals surface area (Å²) in [6.07, 6.45) is 1.48. The van der Waals surface area contributed by atoms with Gasteiger partial charge < -0.3 is 15.0 Å². The number of aromatic nitrogens is 1. The molecule has 1 N–H and O–H groups in total. The third kappa shape index (κ3) is 4.33. The number of para-hydroxylation sites is 1. The van der Waals surface area contributed by atoms with Crippen LogP contribution in [0.25, 0.3) is 10.9 Å². The number of hydrogen-bond acceptors (Lipinski definition) is 5. The lowest BCUT2D eigenvalue weighted by atomic mass is 9.96. The summed E-state index contributed by atoms with van der Waals surface area (Å²) in [5.41, 5.74) is 0.944. The molecule has 1 fully saturated rings. The summed E-state index contributed by atoms with van der Waals surface area (Å²) in [6.45, 7) is 3.53. The molecule has 1 aliphatic rings. The second-order valence-corrected chi connectivity index (χ2v) is 7.12. The molecule has 1 saturated heterocycles. The van der Waals surface area contributed by atoms with E-state index in [4.69, 9.17) is 9.72 Å². The van der Waals surface area contributed by atoms with Crippen molar-refractivity contribution in [3.63, 3.8) is 0 Å². The predicted molar refractivity (Wildman–Crippen MR) is 104 cm³/mol. The van der Waals surface area contributed by atoms with Gasteiger partial charge in [-0.25, -0.2) is 4.98 Å². The molecule has 2 aromatic rings. The van der Waals surface area contributed by atoms with E-state index in [1.807, 2.05) is 24.3 Å². The molecule has 1 amide bonds. The summed E-state index contributed by atoms with van der Waals surface area (Å²) in [7, 11) is 0. The first-order valence-corrected chi connectivity index (χ1v) is 9.61. The molecule has 3 rings (SSSR count). The summed E-state index contributed by atoms with van der Waals surface area (Å²) in [5, 5.41) is 3.76. The fourth-order valence-electron chi connectivity index (χ4n) is 3.16.